The second-order valence-corrected chi connectivity index (χ2v) is 6.29. The van der Waals surface area contributed by atoms with Crippen molar-refractivity contribution in [2.24, 2.45) is 0 Å². The fourth-order valence-electron chi connectivity index (χ4n) is 2.98. The number of anilines is 2. The van der Waals surface area contributed by atoms with E-state index in [1.807, 2.05) is 12.1 Å². The predicted molar refractivity (Wildman–Crippen MR) is 89.8 cm³/mol. The molecule has 4 rings (SSSR count). The number of fused-ring (bicyclic) bond motifs is 2. The number of hydrogen-bond acceptors (Lipinski definition) is 4. The van der Waals surface area contributed by atoms with Gasteiger partial charge in [-0.05, 0) is 34.1 Å². The smallest absolute Gasteiger partial charge is 0.260 e. The van der Waals surface area contributed by atoms with Gasteiger partial charge in [-0.15, -0.1) is 0 Å². The molecule has 0 bridgehead atoms. The van der Waals surface area contributed by atoms with Crippen LogP contribution < -0.4 is 9.80 Å². The summed E-state index contributed by atoms with van der Waals surface area (Å²) in [5.74, 6) is 0.641. The van der Waals surface area contributed by atoms with Crippen molar-refractivity contribution in [1.82, 2.24) is 9.97 Å². The molecule has 4 heterocycles. The van der Waals surface area contributed by atoms with E-state index in [1.165, 1.54) is 9.80 Å². The normalized spacial score (nSPS) is 19.4. The van der Waals surface area contributed by atoms with Gasteiger partial charge in [0.15, 0.2) is 0 Å². The van der Waals surface area contributed by atoms with Gasteiger partial charge in [-0.3, -0.25) is 19.4 Å². The zero-order valence-electron chi connectivity index (χ0n) is 12.4. The van der Waals surface area contributed by atoms with Gasteiger partial charge in [0.2, 0.25) is 0 Å². The highest BCUT2D eigenvalue weighted by Gasteiger charge is 2.41. The molecule has 0 N–H and O–H groups in total. The summed E-state index contributed by atoms with van der Waals surface area (Å²) in [6.07, 6.45) is 3.26. The maximum Gasteiger partial charge on any atom is 0.260 e. The van der Waals surface area contributed by atoms with Gasteiger partial charge < -0.3 is 0 Å². The van der Waals surface area contributed by atoms with Crippen LogP contribution in [0.25, 0.3) is 11.1 Å². The van der Waals surface area contributed by atoms with Crippen molar-refractivity contribution in [2.75, 3.05) is 23.9 Å². The number of halogens is 1. The molecular weight excluding hydrogens is 360 g/mol. The predicted octanol–water partition coefficient (Wildman–Crippen LogP) is 2.10. The quantitative estimate of drug-likeness (QED) is 0.666. The number of aromatic nitrogens is 2. The number of carbonyl (C=O) groups excluding carboxylic acids is 2. The Morgan fingerprint density at radius 1 is 0.957 bits per heavy atom. The van der Waals surface area contributed by atoms with E-state index in [1.54, 1.807) is 32.6 Å². The van der Waals surface area contributed by atoms with Crippen molar-refractivity contribution in [2.45, 2.75) is 0 Å². The van der Waals surface area contributed by atoms with E-state index < -0.39 is 0 Å². The van der Waals surface area contributed by atoms with Crippen LogP contribution in [0.5, 0.6) is 0 Å². The third-order valence-corrected chi connectivity index (χ3v) is 4.51. The molecule has 2 aliphatic rings. The molecule has 0 spiro atoms. The van der Waals surface area contributed by atoms with Gasteiger partial charge in [-0.1, -0.05) is 0 Å². The Balaban J connectivity index is 2.08. The summed E-state index contributed by atoms with van der Waals surface area (Å²) in [7, 11) is 3.31. The number of pyridine rings is 2. The largest absolute Gasteiger partial charge is 0.295 e. The first-order chi connectivity index (χ1) is 11.0. The zero-order valence-corrected chi connectivity index (χ0v) is 14.0. The SMILES string of the molecule is CN1C(=O)/C(=C2/C(=O)N(C)c3ncc(Br)cc32)c2cccnc21. The summed E-state index contributed by atoms with van der Waals surface area (Å²) in [6, 6.07) is 5.38. The highest BCUT2D eigenvalue weighted by atomic mass is 79.9. The van der Waals surface area contributed by atoms with E-state index in [0.717, 1.165) is 4.47 Å². The number of amides is 2. The molecule has 7 heteroatoms. The molecule has 0 saturated carbocycles. The van der Waals surface area contributed by atoms with Gasteiger partial charge in [0.1, 0.15) is 11.6 Å². The minimum absolute atomic E-state index is 0.233. The maximum absolute atomic E-state index is 12.7. The van der Waals surface area contributed by atoms with E-state index in [9.17, 15) is 9.59 Å². The molecule has 0 saturated heterocycles. The van der Waals surface area contributed by atoms with Crippen LogP contribution in [0.1, 0.15) is 11.1 Å². The average Bonchev–Trinajstić information content (AvgIpc) is 2.93. The molecular formula is C16H11BrN4O2. The molecule has 0 radical (unpaired) electrons. The van der Waals surface area contributed by atoms with Crippen molar-refractivity contribution in [3.05, 3.63) is 46.2 Å². The third kappa shape index (κ3) is 1.80. The van der Waals surface area contributed by atoms with Crippen molar-refractivity contribution in [1.29, 1.82) is 0 Å². The first kappa shape index (κ1) is 14.1. The van der Waals surface area contributed by atoms with Crippen LogP contribution in [0.4, 0.5) is 11.6 Å². The molecule has 0 aromatic carbocycles. The van der Waals surface area contributed by atoms with Crippen LogP contribution in [0, 0.1) is 0 Å². The monoisotopic (exact) mass is 370 g/mol. The lowest BCUT2D eigenvalue weighted by Crippen LogP contribution is -2.24. The van der Waals surface area contributed by atoms with Gasteiger partial charge in [0.25, 0.3) is 11.8 Å². The lowest BCUT2D eigenvalue weighted by Gasteiger charge is -2.08. The number of carbonyl (C=O) groups is 2. The minimum atomic E-state index is -0.237. The maximum atomic E-state index is 12.7. The van der Waals surface area contributed by atoms with Crippen LogP contribution in [0.15, 0.2) is 35.1 Å². The van der Waals surface area contributed by atoms with Crippen molar-refractivity contribution in [3.63, 3.8) is 0 Å². The second kappa shape index (κ2) is 4.73. The highest BCUT2D eigenvalue weighted by Crippen LogP contribution is 2.44. The summed E-state index contributed by atoms with van der Waals surface area (Å²) >= 11 is 3.38. The van der Waals surface area contributed by atoms with Crippen LogP contribution in [0.3, 0.4) is 0 Å². The van der Waals surface area contributed by atoms with E-state index in [0.29, 0.717) is 33.9 Å². The molecule has 2 aromatic heterocycles. The molecule has 0 unspecified atom stereocenters. The zero-order chi connectivity index (χ0) is 16.3. The number of rotatable bonds is 0. The standard InChI is InChI=1S/C16H11BrN4O2/c1-20-13-9(4-3-5-18-13)11(15(20)22)12-10-6-8(17)7-19-14(10)21(2)16(12)23/h3-7H,1-2H3/b12-11+. The van der Waals surface area contributed by atoms with Crippen LogP contribution in [0.2, 0.25) is 0 Å². The van der Waals surface area contributed by atoms with Crippen LogP contribution >= 0.6 is 15.9 Å². The first-order valence-corrected chi connectivity index (χ1v) is 7.71. The molecule has 0 fully saturated rings. The Kier molecular flexibility index (Phi) is 2.89. The Morgan fingerprint density at radius 3 is 2.26 bits per heavy atom. The molecule has 2 aromatic rings. The summed E-state index contributed by atoms with van der Waals surface area (Å²) < 4.78 is 0.752. The molecule has 0 atom stereocenters. The molecule has 0 aliphatic carbocycles. The first-order valence-electron chi connectivity index (χ1n) is 6.92. The van der Waals surface area contributed by atoms with Gasteiger partial charge in [0.05, 0.1) is 11.1 Å². The summed E-state index contributed by atoms with van der Waals surface area (Å²) in [5, 5.41) is 0. The number of likely N-dealkylation sites (N-methyl/N-ethyl adjacent to an activating group) is 2. The molecule has 2 aliphatic heterocycles. The van der Waals surface area contributed by atoms with Gasteiger partial charge in [-0.25, -0.2) is 9.97 Å². The van der Waals surface area contributed by atoms with E-state index in [2.05, 4.69) is 25.9 Å². The minimum Gasteiger partial charge on any atom is -0.295 e. The molecule has 6 nitrogen and oxygen atoms in total. The fraction of sp³-hybridized carbons (Fsp3) is 0.125. The topological polar surface area (TPSA) is 66.4 Å². The van der Waals surface area contributed by atoms with E-state index >= 15 is 0 Å². The van der Waals surface area contributed by atoms with Gasteiger partial charge >= 0.3 is 0 Å². The number of hydrogen-bond donors (Lipinski definition) is 0. The van der Waals surface area contributed by atoms with Crippen molar-refractivity contribution in [3.8, 4) is 0 Å². The number of nitrogens with zero attached hydrogens (tertiary/aromatic N) is 4. The Hall–Kier alpha value is -2.54. The van der Waals surface area contributed by atoms with Crippen LogP contribution in [-0.4, -0.2) is 35.9 Å². The van der Waals surface area contributed by atoms with Crippen LogP contribution in [-0.2, 0) is 9.59 Å². The summed E-state index contributed by atoms with van der Waals surface area (Å²) in [4.78, 5) is 36.9. The Morgan fingerprint density at radius 2 is 1.57 bits per heavy atom. The average molecular weight is 371 g/mol. The van der Waals surface area contributed by atoms with E-state index in [-0.39, 0.29) is 11.8 Å². The second-order valence-electron chi connectivity index (χ2n) is 5.38. The fourth-order valence-corrected chi connectivity index (χ4v) is 3.32. The molecule has 23 heavy (non-hydrogen) atoms. The molecule has 2 amide bonds. The highest BCUT2D eigenvalue weighted by molar-refractivity contribution is 9.10. The van der Waals surface area contributed by atoms with Gasteiger partial charge in [-0.2, -0.15) is 0 Å². The molecule has 114 valence electrons. The lowest BCUT2D eigenvalue weighted by atomic mass is 9.98. The Bertz CT molecular complexity index is 922. The lowest BCUT2D eigenvalue weighted by molar-refractivity contribution is -0.114. The third-order valence-electron chi connectivity index (χ3n) is 4.08. The summed E-state index contributed by atoms with van der Waals surface area (Å²) in [6.45, 7) is 0. The van der Waals surface area contributed by atoms with Crippen molar-refractivity contribution < 1.29 is 9.59 Å². The Labute approximate surface area is 140 Å². The van der Waals surface area contributed by atoms with Gasteiger partial charge in [0, 0.05) is 42.1 Å². The van der Waals surface area contributed by atoms with Crippen molar-refractivity contribution >= 4 is 50.5 Å². The van der Waals surface area contributed by atoms with E-state index in [4.69, 9.17) is 0 Å². The summed E-state index contributed by atoms with van der Waals surface area (Å²) in [5.41, 5.74) is 2.08.